The van der Waals surface area contributed by atoms with E-state index in [1.54, 1.807) is 79.2 Å². The van der Waals surface area contributed by atoms with Gasteiger partial charge in [-0.2, -0.15) is 0 Å². The number of ether oxygens (including phenoxy) is 14. The minimum absolute atomic E-state index is 0.00882. The first-order chi connectivity index (χ1) is 65.6. The molecule has 21 rings (SSSR count). The number of hydrogen-bond donors (Lipinski definition) is 6. The molecule has 5 aliphatic heterocycles. The number of esters is 3. The lowest BCUT2D eigenvalue weighted by atomic mass is 10.1. The van der Waals surface area contributed by atoms with E-state index in [9.17, 15) is 33.2 Å². The van der Waals surface area contributed by atoms with E-state index in [4.69, 9.17) is 77.9 Å². The van der Waals surface area contributed by atoms with Crippen LogP contribution in [0.25, 0.3) is 33.5 Å². The van der Waals surface area contributed by atoms with Crippen LogP contribution in [0.1, 0.15) is 168 Å². The summed E-state index contributed by atoms with van der Waals surface area (Å²) in [5.41, 5.74) is 7.75. The smallest absolute Gasteiger partial charge is 0.338 e. The number of nitrogens with one attached hydrogen (secondary N) is 6. The average molecular weight is 1850 g/mol. The monoisotopic (exact) mass is 1850 g/mol. The number of amides is 6. The predicted octanol–water partition coefficient (Wildman–Crippen LogP) is 13.1. The van der Waals surface area contributed by atoms with Crippen molar-refractivity contribution >= 4 is 98.5 Å². The number of urea groups is 3. The molecule has 6 amide bonds. The summed E-state index contributed by atoms with van der Waals surface area (Å²) in [6.07, 6.45) is 8.41. The maximum atomic E-state index is 14.8. The molecule has 5 saturated heterocycles. The van der Waals surface area contributed by atoms with Crippen LogP contribution in [0.3, 0.4) is 0 Å². The minimum atomic E-state index is -0.728. The normalized spacial score (nSPS) is 24.1. The van der Waals surface area contributed by atoms with Crippen molar-refractivity contribution in [2.45, 2.75) is 190 Å². The summed E-state index contributed by atoms with van der Waals surface area (Å²) in [6, 6.07) is 45.0. The number of halogens is 2. The van der Waals surface area contributed by atoms with E-state index >= 15 is 0 Å². The van der Waals surface area contributed by atoms with E-state index in [0.29, 0.717) is 85.4 Å². The molecular formula is C94H96ClFN18O20. The molecular weight excluding hydrogens is 1760 g/mol. The second kappa shape index (κ2) is 40.8. The van der Waals surface area contributed by atoms with Gasteiger partial charge in [0, 0.05) is 56.9 Å². The fourth-order valence-corrected chi connectivity index (χ4v) is 17.3. The third-order valence-corrected chi connectivity index (χ3v) is 24.3. The van der Waals surface area contributed by atoms with E-state index in [1.165, 1.54) is 37.2 Å². The van der Waals surface area contributed by atoms with Gasteiger partial charge in [-0.25, -0.2) is 78.0 Å². The van der Waals surface area contributed by atoms with Crippen LogP contribution in [0.5, 0.6) is 0 Å². The summed E-state index contributed by atoms with van der Waals surface area (Å²) in [7, 11) is 0. The van der Waals surface area contributed by atoms with Crippen molar-refractivity contribution in [3.05, 3.63) is 251 Å². The number of fused-ring (bicyclic) bond motifs is 6. The predicted molar refractivity (Wildman–Crippen MR) is 474 cm³/mol. The number of benzene rings is 6. The Bertz CT molecular complexity index is 5970. The van der Waals surface area contributed by atoms with Crippen molar-refractivity contribution in [1.82, 2.24) is 74.5 Å². The van der Waals surface area contributed by atoms with E-state index in [0.717, 1.165) is 55.2 Å². The fraction of sp³-hybridized carbons (Fsp3) is 0.394. The van der Waals surface area contributed by atoms with E-state index in [-0.39, 0.29) is 130 Å². The van der Waals surface area contributed by atoms with Gasteiger partial charge >= 0.3 is 36.0 Å². The van der Waals surface area contributed by atoms with Crippen LogP contribution < -0.4 is 31.9 Å². The molecule has 134 heavy (non-hydrogen) atoms. The Labute approximate surface area is 770 Å². The van der Waals surface area contributed by atoms with Crippen molar-refractivity contribution < 1.29 is 99.5 Å². The molecule has 6 N–H and O–H groups in total. The van der Waals surface area contributed by atoms with Gasteiger partial charge in [0.1, 0.15) is 67.5 Å². The van der Waals surface area contributed by atoms with Crippen molar-refractivity contribution in [1.29, 1.82) is 0 Å². The van der Waals surface area contributed by atoms with Crippen molar-refractivity contribution in [2.24, 2.45) is 5.92 Å². The second-order valence-corrected chi connectivity index (χ2v) is 33.6. The Kier molecular flexibility index (Phi) is 27.5. The van der Waals surface area contributed by atoms with Crippen LogP contribution in [-0.2, 0) is 86.1 Å². The van der Waals surface area contributed by atoms with Gasteiger partial charge < -0.3 is 86.8 Å². The maximum Gasteiger partial charge on any atom is 0.338 e. The summed E-state index contributed by atoms with van der Waals surface area (Å²) in [5.74, 6) is -1.18. The summed E-state index contributed by atoms with van der Waals surface area (Å²) in [6.45, 7) is 6.57. The molecule has 4 aliphatic carbocycles. The summed E-state index contributed by atoms with van der Waals surface area (Å²) >= 11 is 6.48. The van der Waals surface area contributed by atoms with Crippen LogP contribution in [0, 0.1) is 11.7 Å². The van der Waals surface area contributed by atoms with Gasteiger partial charge in [-0.1, -0.05) is 133 Å². The third kappa shape index (κ3) is 20.1. The fourth-order valence-electron chi connectivity index (χ4n) is 17.1. The highest BCUT2D eigenvalue weighted by molar-refractivity contribution is 6.31. The van der Waals surface area contributed by atoms with Gasteiger partial charge in [-0.15, -0.1) is 0 Å². The lowest BCUT2D eigenvalue weighted by Crippen LogP contribution is -2.32. The molecule has 0 bridgehead atoms. The van der Waals surface area contributed by atoms with Crippen LogP contribution >= 0.6 is 11.6 Å². The number of carbonyl (C=O) groups excluding carboxylic acids is 6. The zero-order valence-corrected chi connectivity index (χ0v) is 73.6. The average Bonchev–Trinajstić information content (AvgIpc) is 1.60. The Morgan fingerprint density at radius 1 is 0.396 bits per heavy atom. The summed E-state index contributed by atoms with van der Waals surface area (Å²) in [5, 5.41) is 17.4. The molecule has 696 valence electrons. The van der Waals surface area contributed by atoms with Crippen molar-refractivity contribution in [2.75, 3.05) is 55.6 Å². The molecule has 0 spiro atoms. The van der Waals surface area contributed by atoms with Gasteiger partial charge in [0.2, 0.25) is 0 Å². The number of aromatic nitrogens is 12. The first-order valence-electron chi connectivity index (χ1n) is 44.6. The van der Waals surface area contributed by atoms with E-state index in [2.05, 4.69) is 76.8 Å². The number of hydrogen-bond acceptors (Lipinski definition) is 29. The van der Waals surface area contributed by atoms with Crippen LogP contribution in [-0.4, -0.2) is 201 Å². The van der Waals surface area contributed by atoms with Gasteiger partial charge in [-0.05, 0) is 102 Å². The highest BCUT2D eigenvalue weighted by atomic mass is 35.5. The van der Waals surface area contributed by atoms with Gasteiger partial charge in [-0.3, -0.25) is 25.1 Å². The quantitative estimate of drug-likeness (QED) is 0.0180. The zero-order chi connectivity index (χ0) is 91.9. The van der Waals surface area contributed by atoms with Gasteiger partial charge in [0.15, 0.2) is 82.3 Å². The Balaban J connectivity index is 0.000000129. The van der Waals surface area contributed by atoms with Gasteiger partial charge in [0.25, 0.3) is 0 Å². The Morgan fingerprint density at radius 2 is 0.776 bits per heavy atom. The second-order valence-electron chi connectivity index (χ2n) is 33.2. The zero-order valence-electron chi connectivity index (χ0n) is 72.9. The topological polar surface area (TPSA) is 435 Å². The first-order valence-corrected chi connectivity index (χ1v) is 45.0. The third-order valence-electron chi connectivity index (χ3n) is 24.0. The molecule has 38 nitrogen and oxygen atoms in total. The molecule has 15 atom stereocenters. The van der Waals surface area contributed by atoms with Crippen molar-refractivity contribution in [3.8, 4) is 0 Å². The summed E-state index contributed by atoms with van der Waals surface area (Å²) in [4.78, 5) is 114. The molecule has 12 aromatic rings. The first kappa shape index (κ1) is 90.2. The molecule has 9 fully saturated rings. The highest BCUT2D eigenvalue weighted by Crippen LogP contribution is 2.51. The lowest BCUT2D eigenvalue weighted by molar-refractivity contribution is -0.158. The van der Waals surface area contributed by atoms with Crippen LogP contribution in [0.15, 0.2) is 190 Å². The minimum Gasteiger partial charge on any atom is -0.462 e. The van der Waals surface area contributed by atoms with Gasteiger partial charge in [0.05, 0.1) is 107 Å². The summed E-state index contributed by atoms with van der Waals surface area (Å²) < 4.78 is 106. The van der Waals surface area contributed by atoms with Crippen molar-refractivity contribution in [3.63, 3.8) is 0 Å². The number of rotatable bonds is 30. The molecule has 0 radical (unpaired) electrons. The Hall–Kier alpha value is -13.0. The number of imidazole rings is 3. The van der Waals surface area contributed by atoms with Crippen LogP contribution in [0.4, 0.5) is 36.2 Å². The largest absolute Gasteiger partial charge is 0.462 e. The maximum absolute atomic E-state index is 14.8. The van der Waals surface area contributed by atoms with Crippen LogP contribution in [0.2, 0.25) is 5.02 Å². The SMILES string of the molecule is CCOC(=O)c1cccc(Cl)c1COCC1CC(n2cnc3c(NC(=O)NC4CC4)ncnc32)C2O[C@@H](c3ccccc3)OC12.CCOC(=O)c1cccc(F)c1COCC1OC(n2cnc3c(NC(=O)NC4CC4)ncnc32)C2O[C@@H](c3ccccc3)OC12.CCOC(=O)c1ccccc1COCC1OC(n2cnc3c(NC(=O)NC4CC4)ncnc32)C2O[C@@H](c3ccccc3)OC12. The molecule has 4 saturated carbocycles. The molecule has 12 unspecified atom stereocenters. The highest BCUT2D eigenvalue weighted by Gasteiger charge is 2.57. The lowest BCUT2D eigenvalue weighted by Gasteiger charge is -2.21. The van der Waals surface area contributed by atoms with E-state index < -0.39 is 91.7 Å². The molecule has 40 heteroatoms. The standard InChI is InChI=1S/C32H33ClN6O6.C31H31FN6O7.C31H32N6O7/c1-2-43-30(40)21-9-6-10-23(33)22(21)15-42-14-19-13-24(27-26(19)44-31(45-27)18-7-4-3-5-8-18)39-17-36-25-28(34-16-35-29(25)39)38-32(41)37-20-11-12-20;1-2-42-29(39)19-9-6-10-21(32)20(19)13-41-14-22-24-25(45-30(44-24)17-7-4-3-5-8-17)28(43-22)38-16-35-23-26(33-15-34-27(23)38)37-31(40)36-18-11-12-18;1-2-41-29(38)21-11-7-6-10-19(21)14-40-15-22-24-25(44-30(43-24)18-8-4-3-5-9-18)28(42-22)37-17-34-23-26(32-16-33-27(23)37)36-31(39)35-20-12-13-20/h3-10,16-17,19-20,24,26-27,31H,2,11-15H2,1H3,(H2,34,35,37,38,41);3-10,15-16,18,22,24-25,28,30H,2,11-14H2,1H3,(H2,33,34,36,37,40);3-11,16-17,20,22,24-25,28,30H,2,12-15H2,1H3,(H2,32,33,35,36,39)/t19?,24?,26?,27?,31-;2*22?,24?,25?,28?,30-/m000/s1. The van der Waals surface area contributed by atoms with E-state index in [1.807, 2.05) is 108 Å². The molecule has 9 aliphatic rings. The number of carbonyl (C=O) groups is 6. The molecule has 6 aromatic heterocycles. The molecule has 6 aromatic carbocycles. The number of nitrogens with zero attached hydrogens (tertiary/aromatic N) is 12. The Morgan fingerprint density at radius 3 is 1.25 bits per heavy atom. The molecule has 11 heterocycles. The number of anilines is 3.